The third kappa shape index (κ3) is 3.83. The van der Waals surface area contributed by atoms with Crippen LogP contribution in [0.3, 0.4) is 0 Å². The monoisotopic (exact) mass is 493 g/mol. The van der Waals surface area contributed by atoms with E-state index in [1.807, 2.05) is 13.8 Å². The van der Waals surface area contributed by atoms with Crippen LogP contribution in [0.1, 0.15) is 60.8 Å². The molecule has 3 N–H and O–H groups in total. The maximum Gasteiger partial charge on any atom is 0.407 e. The molecule has 9 nitrogen and oxygen atoms in total. The second kappa shape index (κ2) is 8.71. The Kier molecular flexibility index (Phi) is 6.81. The van der Waals surface area contributed by atoms with Crippen LogP contribution in [0, 0.1) is 16.7 Å². The number of Topliss-reactive ketones (excluding diaryl/α,β-unsaturated/α-hetero) is 1. The lowest BCUT2D eigenvalue weighted by atomic mass is 9.39. The number of esters is 1. The first kappa shape index (κ1) is 27.4. The van der Waals surface area contributed by atoms with E-state index in [9.17, 15) is 24.6 Å². The molecule has 0 aromatic carbocycles. The van der Waals surface area contributed by atoms with Gasteiger partial charge in [-0.2, -0.15) is 0 Å². The standard InChI is InChI=1S/C26H39NO8/c1-9-13-27-21(31)34-18-19-22(4,5)12-11-16(29)24(19,7)26(32)17(30)14-23(6,10-2)35-25(26,8)20(18)33-15(3)28/h9-10,16,18-20,29,32H,1-2,11-14H2,3-8H3,(H,27,31)/t16-,18-,19-,20-,23-,24-,25+,26-/m0/s1. The maximum atomic E-state index is 13.9. The average molecular weight is 494 g/mol. The van der Waals surface area contributed by atoms with E-state index in [0.717, 1.165) is 0 Å². The lowest BCUT2D eigenvalue weighted by Crippen LogP contribution is -2.87. The molecule has 0 bridgehead atoms. The predicted octanol–water partition coefficient (Wildman–Crippen LogP) is 2.44. The average Bonchev–Trinajstić information content (AvgIpc) is 2.75. The Hall–Kier alpha value is -2.23. The quantitative estimate of drug-likeness (QED) is 0.393. The van der Waals surface area contributed by atoms with Crippen molar-refractivity contribution in [2.45, 2.75) is 95.9 Å². The van der Waals surface area contributed by atoms with Crippen LogP contribution in [0.4, 0.5) is 4.79 Å². The Morgan fingerprint density at radius 2 is 1.83 bits per heavy atom. The van der Waals surface area contributed by atoms with Crippen molar-refractivity contribution in [2.75, 3.05) is 6.54 Å². The summed E-state index contributed by atoms with van der Waals surface area (Å²) in [6, 6.07) is 0. The number of aliphatic hydroxyl groups excluding tert-OH is 1. The molecule has 9 heteroatoms. The number of aliphatic hydroxyl groups is 2. The largest absolute Gasteiger partial charge is 0.455 e. The number of hydrogen-bond acceptors (Lipinski definition) is 8. The number of ketones is 1. The highest BCUT2D eigenvalue weighted by Crippen LogP contribution is 2.67. The SMILES string of the molecule is C=CCNC(=O)O[C@H]1[C@H]2C(C)(C)CC[C@H](O)[C@]2(C)[C@@]2(O)C(=O)C[C@](C)(C=C)O[C@]2(C)[C@H]1OC(C)=O. The summed E-state index contributed by atoms with van der Waals surface area (Å²) in [5, 5.41) is 26.4. The Labute approximate surface area is 206 Å². The van der Waals surface area contributed by atoms with Gasteiger partial charge in [0.15, 0.2) is 17.5 Å². The van der Waals surface area contributed by atoms with E-state index >= 15 is 0 Å². The number of ether oxygens (including phenoxy) is 3. The van der Waals surface area contributed by atoms with E-state index < -0.39 is 69.7 Å². The van der Waals surface area contributed by atoms with Crippen molar-refractivity contribution in [3.05, 3.63) is 25.3 Å². The summed E-state index contributed by atoms with van der Waals surface area (Å²) < 4.78 is 18.1. The van der Waals surface area contributed by atoms with Crippen LogP contribution in [0.5, 0.6) is 0 Å². The van der Waals surface area contributed by atoms with Crippen LogP contribution in [0.15, 0.2) is 25.3 Å². The minimum atomic E-state index is -2.26. The molecule has 1 saturated heterocycles. The summed E-state index contributed by atoms with van der Waals surface area (Å²) in [6.45, 7) is 17.3. The first-order valence-corrected chi connectivity index (χ1v) is 12.0. The second-order valence-corrected chi connectivity index (χ2v) is 11.4. The van der Waals surface area contributed by atoms with Crippen LogP contribution in [0.2, 0.25) is 0 Å². The zero-order valence-corrected chi connectivity index (χ0v) is 21.6. The van der Waals surface area contributed by atoms with Crippen molar-refractivity contribution in [3.8, 4) is 0 Å². The van der Waals surface area contributed by atoms with Crippen LogP contribution < -0.4 is 5.32 Å². The topological polar surface area (TPSA) is 131 Å². The number of carbonyl (C=O) groups is 3. The van der Waals surface area contributed by atoms with Gasteiger partial charge in [-0.25, -0.2) is 4.79 Å². The molecule has 0 unspecified atom stereocenters. The van der Waals surface area contributed by atoms with Crippen LogP contribution in [-0.2, 0) is 23.8 Å². The maximum absolute atomic E-state index is 13.9. The zero-order chi connectivity index (χ0) is 26.6. The zero-order valence-electron chi connectivity index (χ0n) is 21.6. The van der Waals surface area contributed by atoms with Gasteiger partial charge in [-0.3, -0.25) is 9.59 Å². The van der Waals surface area contributed by atoms with E-state index in [-0.39, 0.29) is 13.0 Å². The normalized spacial score (nSPS) is 44.3. The summed E-state index contributed by atoms with van der Waals surface area (Å²) >= 11 is 0. The van der Waals surface area contributed by atoms with E-state index in [1.54, 1.807) is 13.8 Å². The van der Waals surface area contributed by atoms with Crippen LogP contribution in [0.25, 0.3) is 0 Å². The van der Waals surface area contributed by atoms with Crippen molar-refractivity contribution in [3.63, 3.8) is 0 Å². The summed E-state index contributed by atoms with van der Waals surface area (Å²) in [5.74, 6) is -2.01. The van der Waals surface area contributed by atoms with Gasteiger partial charge in [-0.15, -0.1) is 13.2 Å². The smallest absolute Gasteiger partial charge is 0.407 e. The molecule has 0 radical (unpaired) electrons. The van der Waals surface area contributed by atoms with Gasteiger partial charge in [-0.1, -0.05) is 32.9 Å². The van der Waals surface area contributed by atoms with Gasteiger partial charge in [0.25, 0.3) is 0 Å². The van der Waals surface area contributed by atoms with Gasteiger partial charge in [0.1, 0.15) is 11.7 Å². The highest BCUT2D eigenvalue weighted by molar-refractivity contribution is 5.92. The fraction of sp³-hybridized carbons (Fsp3) is 0.731. The third-order valence-electron chi connectivity index (χ3n) is 8.63. The number of fused-ring (bicyclic) bond motifs is 3. The van der Waals surface area contributed by atoms with Gasteiger partial charge in [0.05, 0.1) is 11.7 Å². The number of nitrogens with one attached hydrogen (secondary N) is 1. The number of rotatable bonds is 5. The minimum Gasteiger partial charge on any atom is -0.455 e. The third-order valence-corrected chi connectivity index (χ3v) is 8.63. The molecule has 0 spiro atoms. The van der Waals surface area contributed by atoms with Crippen molar-refractivity contribution < 1.29 is 38.8 Å². The molecule has 35 heavy (non-hydrogen) atoms. The van der Waals surface area contributed by atoms with Crippen molar-refractivity contribution in [2.24, 2.45) is 16.7 Å². The molecule has 3 aliphatic rings. The Morgan fingerprint density at radius 1 is 1.20 bits per heavy atom. The van der Waals surface area contributed by atoms with Crippen molar-refractivity contribution >= 4 is 17.8 Å². The fourth-order valence-electron chi connectivity index (χ4n) is 7.06. The number of carbonyl (C=O) groups excluding carboxylic acids is 3. The van der Waals surface area contributed by atoms with Gasteiger partial charge in [-0.05, 0) is 32.1 Å². The molecule has 2 saturated carbocycles. The molecule has 1 heterocycles. The molecule has 1 aliphatic heterocycles. The molecule has 196 valence electrons. The molecule has 0 aromatic rings. The first-order chi connectivity index (χ1) is 16.0. The Balaban J connectivity index is 2.33. The molecular formula is C26H39NO8. The molecule has 1 amide bonds. The summed E-state index contributed by atoms with van der Waals surface area (Å²) in [4.78, 5) is 39.0. The van der Waals surface area contributed by atoms with E-state index in [1.165, 1.54) is 26.0 Å². The first-order valence-electron chi connectivity index (χ1n) is 12.0. The van der Waals surface area contributed by atoms with Crippen LogP contribution >= 0.6 is 0 Å². The van der Waals surface area contributed by atoms with Gasteiger partial charge in [0, 0.05) is 31.2 Å². The lowest BCUT2D eigenvalue weighted by molar-refractivity contribution is -0.369. The van der Waals surface area contributed by atoms with E-state index in [4.69, 9.17) is 14.2 Å². The highest BCUT2D eigenvalue weighted by Gasteiger charge is 2.82. The van der Waals surface area contributed by atoms with Crippen molar-refractivity contribution in [1.82, 2.24) is 5.32 Å². The van der Waals surface area contributed by atoms with Gasteiger partial charge in [0.2, 0.25) is 0 Å². The summed E-state index contributed by atoms with van der Waals surface area (Å²) in [5.41, 5.74) is -7.44. The molecule has 2 aliphatic carbocycles. The summed E-state index contributed by atoms with van der Waals surface area (Å²) in [7, 11) is 0. The van der Waals surface area contributed by atoms with Crippen LogP contribution in [-0.4, -0.2) is 69.7 Å². The summed E-state index contributed by atoms with van der Waals surface area (Å²) in [6.07, 6.45) is -0.796. The van der Waals surface area contributed by atoms with E-state index in [0.29, 0.717) is 12.8 Å². The fourth-order valence-corrected chi connectivity index (χ4v) is 7.06. The molecule has 3 rings (SSSR count). The van der Waals surface area contributed by atoms with Crippen molar-refractivity contribution in [1.29, 1.82) is 0 Å². The molecule has 0 aromatic heterocycles. The molecular weight excluding hydrogens is 454 g/mol. The highest BCUT2D eigenvalue weighted by atomic mass is 16.6. The predicted molar refractivity (Wildman–Crippen MR) is 127 cm³/mol. The van der Waals surface area contributed by atoms with Gasteiger partial charge < -0.3 is 29.7 Å². The number of amides is 1. The van der Waals surface area contributed by atoms with Gasteiger partial charge >= 0.3 is 12.1 Å². The molecule has 3 fully saturated rings. The number of alkyl carbamates (subject to hydrolysis) is 1. The Bertz CT molecular complexity index is 932. The van der Waals surface area contributed by atoms with E-state index in [2.05, 4.69) is 18.5 Å². The second-order valence-electron chi connectivity index (χ2n) is 11.4. The molecule has 8 atom stereocenters. The lowest BCUT2D eigenvalue weighted by Gasteiger charge is -2.71. The number of hydrogen-bond donors (Lipinski definition) is 3. The minimum absolute atomic E-state index is 0.141. The Morgan fingerprint density at radius 3 is 2.37 bits per heavy atom.